The predicted molar refractivity (Wildman–Crippen MR) is 128 cm³/mol. The van der Waals surface area contributed by atoms with E-state index in [1.807, 2.05) is 54.7 Å². The summed E-state index contributed by atoms with van der Waals surface area (Å²) < 4.78 is 13.2. The average Bonchev–Trinajstić information content (AvgIpc) is 3.24. The van der Waals surface area contributed by atoms with Crippen molar-refractivity contribution in [2.45, 2.75) is 19.9 Å². The molecule has 2 atom stereocenters. The Morgan fingerprint density at radius 2 is 1.97 bits per heavy atom. The molecule has 1 aliphatic rings. The van der Waals surface area contributed by atoms with E-state index in [1.54, 1.807) is 25.6 Å². The van der Waals surface area contributed by atoms with Crippen molar-refractivity contribution in [2.75, 3.05) is 13.7 Å². The van der Waals surface area contributed by atoms with Gasteiger partial charge in [-0.1, -0.05) is 18.2 Å². The van der Waals surface area contributed by atoms with Crippen LogP contribution in [0.3, 0.4) is 0 Å². The molecular weight excluding hydrogens is 488 g/mol. The molecule has 0 bridgehead atoms. The van der Waals surface area contributed by atoms with Crippen LogP contribution in [0.5, 0.6) is 5.75 Å². The van der Waals surface area contributed by atoms with Crippen molar-refractivity contribution >= 4 is 33.6 Å². The summed E-state index contributed by atoms with van der Waals surface area (Å²) in [6, 6.07) is 14.0. The monoisotopic (exact) mass is 510 g/mol. The number of hydrogen-bond donors (Lipinski definition) is 1. The normalized spacial score (nSPS) is 17.8. The number of methoxy groups -OCH3 is 1. The van der Waals surface area contributed by atoms with Crippen LogP contribution in [0.4, 0.5) is 4.79 Å². The summed E-state index contributed by atoms with van der Waals surface area (Å²) in [5, 5.41) is 7.67. The molecule has 1 aliphatic heterocycles. The molecule has 2 heterocycles. The van der Waals surface area contributed by atoms with E-state index in [9.17, 15) is 9.59 Å². The van der Waals surface area contributed by atoms with E-state index >= 15 is 0 Å². The second-order valence-electron chi connectivity index (χ2n) is 7.47. The van der Waals surface area contributed by atoms with Crippen LogP contribution in [0.25, 0.3) is 16.9 Å². The van der Waals surface area contributed by atoms with Crippen LogP contribution in [-0.4, -0.2) is 41.2 Å². The highest BCUT2D eigenvalue weighted by Gasteiger charge is 2.40. The van der Waals surface area contributed by atoms with Gasteiger partial charge in [-0.15, -0.1) is 0 Å². The van der Waals surface area contributed by atoms with Crippen LogP contribution in [-0.2, 0) is 9.53 Å². The maximum Gasteiger partial charge on any atom is 0.341 e. The zero-order chi connectivity index (χ0) is 23.5. The number of aliphatic imine (C=N–C) groups is 1. The lowest BCUT2D eigenvalue weighted by Gasteiger charge is -2.29. The van der Waals surface area contributed by atoms with Crippen molar-refractivity contribution in [3.8, 4) is 22.7 Å². The Kier molecular flexibility index (Phi) is 6.60. The lowest BCUT2D eigenvalue weighted by atomic mass is 9.87. The SMILES string of the molecule is CCOC(=O)C1C(C)=NC(=O)NC1c1cn(-c2ccccc2)nc1-c1ccc(OC)c(Br)c1. The first-order chi connectivity index (χ1) is 15.9. The molecule has 33 heavy (non-hydrogen) atoms. The third-order valence-corrected chi connectivity index (χ3v) is 6.02. The van der Waals surface area contributed by atoms with Gasteiger partial charge in [-0.05, 0) is 60.1 Å². The van der Waals surface area contributed by atoms with Gasteiger partial charge in [0.05, 0.1) is 35.6 Å². The summed E-state index contributed by atoms with van der Waals surface area (Å²) >= 11 is 3.53. The molecular formula is C24H23BrN4O4. The Morgan fingerprint density at radius 3 is 2.64 bits per heavy atom. The van der Waals surface area contributed by atoms with Crippen molar-refractivity contribution in [3.63, 3.8) is 0 Å². The lowest BCUT2D eigenvalue weighted by molar-refractivity contribution is -0.146. The number of nitrogens with one attached hydrogen (secondary N) is 1. The third-order valence-electron chi connectivity index (χ3n) is 5.40. The first kappa shape index (κ1) is 22.7. The number of nitrogens with zero attached hydrogens (tertiary/aromatic N) is 3. The van der Waals surface area contributed by atoms with Crippen LogP contribution < -0.4 is 10.1 Å². The Labute approximate surface area is 199 Å². The molecule has 0 radical (unpaired) electrons. The number of amides is 2. The molecule has 9 heteroatoms. The Balaban J connectivity index is 1.89. The summed E-state index contributed by atoms with van der Waals surface area (Å²) in [4.78, 5) is 29.2. The molecule has 0 spiro atoms. The molecule has 8 nitrogen and oxygen atoms in total. The van der Waals surface area contributed by atoms with E-state index in [0.717, 1.165) is 15.7 Å². The number of ether oxygens (including phenoxy) is 2. The molecule has 2 unspecified atom stereocenters. The molecule has 2 amide bonds. The van der Waals surface area contributed by atoms with Crippen LogP contribution in [0.2, 0.25) is 0 Å². The second-order valence-corrected chi connectivity index (χ2v) is 8.33. The van der Waals surface area contributed by atoms with Gasteiger partial charge >= 0.3 is 12.0 Å². The number of esters is 1. The van der Waals surface area contributed by atoms with Gasteiger partial charge in [0, 0.05) is 23.0 Å². The van der Waals surface area contributed by atoms with E-state index in [0.29, 0.717) is 22.7 Å². The molecule has 170 valence electrons. The van der Waals surface area contributed by atoms with Crippen molar-refractivity contribution < 1.29 is 19.1 Å². The minimum absolute atomic E-state index is 0.227. The van der Waals surface area contributed by atoms with Gasteiger partial charge in [0.15, 0.2) is 0 Å². The molecule has 0 saturated heterocycles. The summed E-state index contributed by atoms with van der Waals surface area (Å²) in [6.07, 6.45) is 1.83. The minimum Gasteiger partial charge on any atom is -0.496 e. The molecule has 2 aromatic carbocycles. The standard InChI is InChI=1S/C24H23BrN4O4/c1-4-33-23(30)20-14(2)26-24(31)27-22(20)17-13-29(16-8-6-5-7-9-16)28-21(17)15-10-11-19(32-3)18(25)12-15/h5-13,20,22H,4H2,1-3H3,(H,27,31). The first-order valence-corrected chi connectivity index (χ1v) is 11.2. The largest absolute Gasteiger partial charge is 0.496 e. The highest BCUT2D eigenvalue weighted by molar-refractivity contribution is 9.10. The number of carbonyl (C=O) groups is 2. The zero-order valence-electron chi connectivity index (χ0n) is 18.4. The van der Waals surface area contributed by atoms with Gasteiger partial charge < -0.3 is 14.8 Å². The van der Waals surface area contributed by atoms with Gasteiger partial charge in [0.2, 0.25) is 0 Å². The van der Waals surface area contributed by atoms with Crippen molar-refractivity contribution in [1.29, 1.82) is 0 Å². The Hall–Kier alpha value is -3.46. The predicted octanol–water partition coefficient (Wildman–Crippen LogP) is 4.71. The number of benzene rings is 2. The lowest BCUT2D eigenvalue weighted by Crippen LogP contribution is -2.44. The van der Waals surface area contributed by atoms with Gasteiger partial charge in [-0.2, -0.15) is 5.10 Å². The van der Waals surface area contributed by atoms with Crippen molar-refractivity contribution in [3.05, 3.63) is 64.8 Å². The highest BCUT2D eigenvalue weighted by atomic mass is 79.9. The molecule has 0 saturated carbocycles. The van der Waals surface area contributed by atoms with E-state index in [1.165, 1.54) is 0 Å². The van der Waals surface area contributed by atoms with E-state index in [4.69, 9.17) is 14.6 Å². The molecule has 1 aromatic heterocycles. The molecule has 1 N–H and O–H groups in total. The zero-order valence-corrected chi connectivity index (χ0v) is 20.0. The van der Waals surface area contributed by atoms with E-state index in [2.05, 4.69) is 26.2 Å². The Morgan fingerprint density at radius 1 is 1.21 bits per heavy atom. The minimum atomic E-state index is -0.767. The molecule has 3 aromatic rings. The first-order valence-electron chi connectivity index (χ1n) is 10.4. The summed E-state index contributed by atoms with van der Waals surface area (Å²) in [5.74, 6) is -0.532. The number of carbonyl (C=O) groups excluding carboxylic acids is 2. The number of hydrogen-bond acceptors (Lipinski definition) is 5. The fraction of sp³-hybridized carbons (Fsp3) is 0.250. The summed E-state index contributed by atoms with van der Waals surface area (Å²) in [5.41, 5.74) is 3.34. The van der Waals surface area contributed by atoms with Crippen LogP contribution >= 0.6 is 15.9 Å². The van der Waals surface area contributed by atoms with Crippen LogP contribution in [0, 0.1) is 5.92 Å². The summed E-state index contributed by atoms with van der Waals surface area (Å²) in [7, 11) is 1.60. The number of para-hydroxylation sites is 1. The van der Waals surface area contributed by atoms with E-state index in [-0.39, 0.29) is 6.61 Å². The molecule has 4 rings (SSSR count). The van der Waals surface area contributed by atoms with Gasteiger partial charge in [-0.3, -0.25) is 4.79 Å². The van der Waals surface area contributed by atoms with Crippen molar-refractivity contribution in [2.24, 2.45) is 10.9 Å². The van der Waals surface area contributed by atoms with Crippen LogP contribution in [0.1, 0.15) is 25.5 Å². The van der Waals surface area contributed by atoms with Gasteiger partial charge in [-0.25, -0.2) is 14.5 Å². The number of rotatable bonds is 6. The number of urea groups is 1. The van der Waals surface area contributed by atoms with Crippen molar-refractivity contribution in [1.82, 2.24) is 15.1 Å². The molecule has 0 aliphatic carbocycles. The van der Waals surface area contributed by atoms with E-state index < -0.39 is 24.0 Å². The smallest absolute Gasteiger partial charge is 0.341 e. The number of halogens is 1. The maximum atomic E-state index is 12.9. The second kappa shape index (κ2) is 9.58. The highest BCUT2D eigenvalue weighted by Crippen LogP contribution is 2.37. The average molecular weight is 511 g/mol. The maximum absolute atomic E-state index is 12.9. The topological polar surface area (TPSA) is 94.8 Å². The van der Waals surface area contributed by atoms with Crippen LogP contribution in [0.15, 0.2) is 64.2 Å². The van der Waals surface area contributed by atoms with Gasteiger partial charge in [0.25, 0.3) is 0 Å². The quantitative estimate of drug-likeness (QED) is 0.484. The number of aromatic nitrogens is 2. The molecule has 0 fully saturated rings. The summed E-state index contributed by atoms with van der Waals surface area (Å²) in [6.45, 7) is 3.64. The van der Waals surface area contributed by atoms with Gasteiger partial charge in [0.1, 0.15) is 11.7 Å². The Bertz CT molecular complexity index is 1220. The fourth-order valence-electron chi connectivity index (χ4n) is 3.88. The third kappa shape index (κ3) is 4.54. The fourth-order valence-corrected chi connectivity index (χ4v) is 4.42.